The molecule has 0 spiro atoms. The summed E-state index contributed by atoms with van der Waals surface area (Å²) in [6.45, 7) is 1.35. The van der Waals surface area contributed by atoms with Crippen molar-refractivity contribution in [3.05, 3.63) is 50.9 Å². The number of nitrogens with zero attached hydrogens (tertiary/aromatic N) is 2. The summed E-state index contributed by atoms with van der Waals surface area (Å²) in [6.07, 6.45) is -1.47. The zero-order chi connectivity index (χ0) is 22.3. The largest absolute Gasteiger partial charge is 0.513 e. The third-order valence-electron chi connectivity index (χ3n) is 4.88. The first-order chi connectivity index (χ1) is 14.7. The number of hydrogen-bond donors (Lipinski definition) is 1. The zero-order valence-corrected chi connectivity index (χ0v) is 19.6. The standard InChI is InChI=1S/C19H15BrCl2N2O6S/c20-17-11-10-16(30-19(25)26)29-15(11)5-4-14(17)23-6-8-24(9-7-23)31(27,28)18-12(21)2-1-3-13(18)22/h1-5,10H,6-9H2,(H,25,26). The van der Waals surface area contributed by atoms with E-state index in [0.717, 1.165) is 5.69 Å². The average molecular weight is 550 g/mol. The van der Waals surface area contributed by atoms with Gasteiger partial charge in [-0.1, -0.05) is 29.3 Å². The molecule has 1 aliphatic rings. The molecule has 0 saturated carbocycles. The summed E-state index contributed by atoms with van der Waals surface area (Å²) in [5.41, 5.74) is 1.28. The van der Waals surface area contributed by atoms with Crippen LogP contribution in [0.25, 0.3) is 11.0 Å². The minimum absolute atomic E-state index is 0.0845. The van der Waals surface area contributed by atoms with Crippen molar-refractivity contribution in [2.24, 2.45) is 0 Å². The lowest BCUT2D eigenvalue weighted by Crippen LogP contribution is -2.48. The molecule has 1 fully saturated rings. The summed E-state index contributed by atoms with van der Waals surface area (Å²) in [6, 6.07) is 9.59. The number of benzene rings is 2. The number of ether oxygens (including phenoxy) is 1. The molecule has 0 amide bonds. The summed E-state index contributed by atoms with van der Waals surface area (Å²) in [5, 5.41) is 9.57. The molecule has 1 saturated heterocycles. The SMILES string of the molecule is O=C(O)Oc1cc2c(Br)c(N3CCN(S(=O)(=O)c4c(Cl)cccc4Cl)CC3)ccc2o1. The highest BCUT2D eigenvalue weighted by molar-refractivity contribution is 9.10. The molecule has 1 aliphatic heterocycles. The van der Waals surface area contributed by atoms with E-state index in [1.165, 1.54) is 22.5 Å². The Kier molecular flexibility index (Phi) is 6.10. The monoisotopic (exact) mass is 548 g/mol. The van der Waals surface area contributed by atoms with Crippen LogP contribution in [0, 0.1) is 0 Å². The Morgan fingerprint density at radius 3 is 2.35 bits per heavy atom. The van der Waals surface area contributed by atoms with Crippen LogP contribution in [0.3, 0.4) is 0 Å². The summed E-state index contributed by atoms with van der Waals surface area (Å²) >= 11 is 15.7. The van der Waals surface area contributed by atoms with Crippen molar-refractivity contribution < 1.29 is 27.5 Å². The van der Waals surface area contributed by atoms with Crippen molar-refractivity contribution in [1.29, 1.82) is 0 Å². The van der Waals surface area contributed by atoms with Gasteiger partial charge in [-0.15, -0.1) is 0 Å². The van der Waals surface area contributed by atoms with Crippen molar-refractivity contribution in [1.82, 2.24) is 4.31 Å². The molecule has 0 aliphatic carbocycles. The Morgan fingerprint density at radius 2 is 1.74 bits per heavy atom. The number of rotatable bonds is 4. The fourth-order valence-electron chi connectivity index (χ4n) is 3.45. The molecule has 0 unspecified atom stereocenters. The van der Waals surface area contributed by atoms with E-state index in [9.17, 15) is 13.2 Å². The third-order valence-corrected chi connectivity index (χ3v) is 8.56. The first-order valence-corrected chi connectivity index (χ1v) is 12.0. The minimum Gasteiger partial charge on any atom is -0.449 e. The Hall–Kier alpha value is -1.98. The molecular formula is C19H15BrCl2N2O6S. The fraction of sp³-hybridized carbons (Fsp3) is 0.211. The van der Waals surface area contributed by atoms with Gasteiger partial charge in [0, 0.05) is 37.6 Å². The van der Waals surface area contributed by atoms with Crippen molar-refractivity contribution in [3.63, 3.8) is 0 Å². The van der Waals surface area contributed by atoms with Crippen molar-refractivity contribution >= 4 is 72.0 Å². The van der Waals surface area contributed by atoms with Gasteiger partial charge in [0.25, 0.3) is 5.95 Å². The third kappa shape index (κ3) is 4.22. The van der Waals surface area contributed by atoms with Crippen LogP contribution in [0.1, 0.15) is 0 Å². The lowest BCUT2D eigenvalue weighted by Gasteiger charge is -2.36. The molecule has 8 nitrogen and oxygen atoms in total. The summed E-state index contributed by atoms with van der Waals surface area (Å²) in [5.74, 6) is -0.132. The van der Waals surface area contributed by atoms with Crippen LogP contribution < -0.4 is 9.64 Å². The molecule has 0 radical (unpaired) electrons. The van der Waals surface area contributed by atoms with E-state index in [4.69, 9.17) is 32.7 Å². The maximum absolute atomic E-state index is 13.1. The Balaban J connectivity index is 1.55. The first kappa shape index (κ1) is 22.2. The van der Waals surface area contributed by atoms with Crippen molar-refractivity contribution in [2.45, 2.75) is 4.90 Å². The molecule has 164 valence electrons. The molecule has 3 aromatic rings. The molecule has 2 aromatic carbocycles. The zero-order valence-electron chi connectivity index (χ0n) is 15.7. The van der Waals surface area contributed by atoms with E-state index >= 15 is 0 Å². The second kappa shape index (κ2) is 8.51. The van der Waals surface area contributed by atoms with Crippen LogP contribution in [0.2, 0.25) is 10.0 Å². The molecule has 1 aromatic heterocycles. The highest BCUT2D eigenvalue weighted by atomic mass is 79.9. The molecule has 1 N–H and O–H groups in total. The Labute approximate surface area is 196 Å². The van der Waals surface area contributed by atoms with Crippen LogP contribution >= 0.6 is 39.1 Å². The van der Waals surface area contributed by atoms with E-state index in [0.29, 0.717) is 28.5 Å². The van der Waals surface area contributed by atoms with Gasteiger partial charge >= 0.3 is 6.16 Å². The van der Waals surface area contributed by atoms with Gasteiger partial charge in [-0.05, 0) is 40.2 Å². The summed E-state index contributed by atoms with van der Waals surface area (Å²) in [7, 11) is -3.84. The van der Waals surface area contributed by atoms with Gasteiger partial charge in [-0.3, -0.25) is 0 Å². The van der Waals surface area contributed by atoms with Crippen LogP contribution in [0.4, 0.5) is 10.5 Å². The predicted octanol–water partition coefficient (Wildman–Crippen LogP) is 5.07. The van der Waals surface area contributed by atoms with E-state index in [-0.39, 0.29) is 34.0 Å². The lowest BCUT2D eigenvalue weighted by molar-refractivity contribution is 0.134. The van der Waals surface area contributed by atoms with Crippen LogP contribution in [0.5, 0.6) is 5.95 Å². The van der Waals surface area contributed by atoms with Gasteiger partial charge < -0.3 is 19.2 Å². The second-order valence-corrected chi connectivity index (χ2v) is 10.2. The van der Waals surface area contributed by atoms with Gasteiger partial charge in [-0.25, -0.2) is 13.2 Å². The highest BCUT2D eigenvalue weighted by Crippen LogP contribution is 2.38. The van der Waals surface area contributed by atoms with E-state index in [1.54, 1.807) is 12.1 Å². The topological polar surface area (TPSA) is 100 Å². The van der Waals surface area contributed by atoms with E-state index < -0.39 is 16.2 Å². The number of piperazine rings is 1. The number of halogens is 3. The molecule has 31 heavy (non-hydrogen) atoms. The smallest absolute Gasteiger partial charge is 0.449 e. The maximum atomic E-state index is 13.1. The molecule has 0 bridgehead atoms. The number of furan rings is 1. The van der Waals surface area contributed by atoms with E-state index in [2.05, 4.69) is 20.7 Å². The quantitative estimate of drug-likeness (QED) is 0.453. The van der Waals surface area contributed by atoms with Crippen molar-refractivity contribution in [3.8, 4) is 5.95 Å². The number of anilines is 1. The Morgan fingerprint density at radius 1 is 1.10 bits per heavy atom. The highest BCUT2D eigenvalue weighted by Gasteiger charge is 2.32. The lowest BCUT2D eigenvalue weighted by atomic mass is 10.2. The van der Waals surface area contributed by atoms with Gasteiger partial charge in [0.2, 0.25) is 10.0 Å². The molecule has 2 heterocycles. The maximum Gasteiger partial charge on any atom is 0.513 e. The van der Waals surface area contributed by atoms with Crippen molar-refractivity contribution in [2.75, 3.05) is 31.1 Å². The van der Waals surface area contributed by atoms with E-state index in [1.807, 2.05) is 11.0 Å². The molecule has 4 rings (SSSR count). The molecule has 0 atom stereocenters. The predicted molar refractivity (Wildman–Crippen MR) is 120 cm³/mol. The summed E-state index contributed by atoms with van der Waals surface area (Å²) in [4.78, 5) is 12.7. The van der Waals surface area contributed by atoms with Gasteiger partial charge in [0.1, 0.15) is 10.5 Å². The normalized spacial score (nSPS) is 15.4. The van der Waals surface area contributed by atoms with Crippen LogP contribution in [0.15, 0.2) is 50.2 Å². The van der Waals surface area contributed by atoms with Gasteiger partial charge in [0.05, 0.1) is 20.2 Å². The fourth-order valence-corrected chi connectivity index (χ4v) is 6.66. The second-order valence-electron chi connectivity index (χ2n) is 6.69. The average Bonchev–Trinajstić information content (AvgIpc) is 3.11. The van der Waals surface area contributed by atoms with Gasteiger partial charge in [0.15, 0.2) is 0 Å². The van der Waals surface area contributed by atoms with Gasteiger partial charge in [-0.2, -0.15) is 4.31 Å². The number of hydrogen-bond acceptors (Lipinski definition) is 6. The number of carbonyl (C=O) groups is 1. The number of sulfonamides is 1. The van der Waals surface area contributed by atoms with Crippen LogP contribution in [-0.4, -0.2) is 50.2 Å². The molecular weight excluding hydrogens is 535 g/mol. The minimum atomic E-state index is -3.84. The number of carboxylic acid groups (broad SMARTS) is 1. The van der Waals surface area contributed by atoms with Crippen LogP contribution in [-0.2, 0) is 10.0 Å². The summed E-state index contributed by atoms with van der Waals surface area (Å²) < 4.78 is 38.1. The first-order valence-electron chi connectivity index (χ1n) is 9.00. The number of fused-ring (bicyclic) bond motifs is 1. The Bertz CT molecular complexity index is 1250. The molecule has 12 heteroatoms.